The third-order valence-electron chi connectivity index (χ3n) is 2.10. The number of esters is 1. The van der Waals surface area contributed by atoms with E-state index in [4.69, 9.17) is 4.74 Å². The van der Waals surface area contributed by atoms with Crippen molar-refractivity contribution in [2.45, 2.75) is 20.3 Å². The van der Waals surface area contributed by atoms with Crippen molar-refractivity contribution in [3.8, 4) is 0 Å². The number of carbonyl (C=O) groups is 1. The van der Waals surface area contributed by atoms with E-state index in [9.17, 15) is 4.79 Å². The maximum atomic E-state index is 11.1. The third-order valence-corrected chi connectivity index (χ3v) is 2.10. The van der Waals surface area contributed by atoms with Crippen LogP contribution in [0.1, 0.15) is 25.8 Å². The maximum absolute atomic E-state index is 11.1. The zero-order chi connectivity index (χ0) is 11.8. The minimum Gasteiger partial charge on any atom is -0.466 e. The molecule has 0 bridgehead atoms. The Kier molecular flexibility index (Phi) is 5.10. The van der Waals surface area contributed by atoms with Gasteiger partial charge in [0.05, 0.1) is 13.0 Å². The van der Waals surface area contributed by atoms with Gasteiger partial charge in [-0.3, -0.25) is 4.79 Å². The van der Waals surface area contributed by atoms with Gasteiger partial charge in [-0.05, 0) is 31.1 Å². The van der Waals surface area contributed by atoms with Gasteiger partial charge >= 0.3 is 5.97 Å². The largest absolute Gasteiger partial charge is 0.466 e. The summed E-state index contributed by atoms with van der Waals surface area (Å²) in [5.41, 5.74) is 5.21. The molecule has 1 aromatic rings. The van der Waals surface area contributed by atoms with E-state index < -0.39 is 0 Å². The van der Waals surface area contributed by atoms with Gasteiger partial charge in [0.1, 0.15) is 0 Å². The van der Waals surface area contributed by atoms with Crippen LogP contribution in [0.2, 0.25) is 0 Å². The molecule has 0 fully saturated rings. The van der Waals surface area contributed by atoms with E-state index in [0.717, 1.165) is 11.1 Å². The molecule has 0 aliphatic heterocycles. The van der Waals surface area contributed by atoms with E-state index in [1.807, 2.05) is 37.3 Å². The van der Waals surface area contributed by atoms with E-state index in [1.54, 1.807) is 13.0 Å². The SMILES string of the molecule is CCOC(=O)CC=C=C(C)c1ccccc1. The summed E-state index contributed by atoms with van der Waals surface area (Å²) < 4.78 is 4.81. The molecule has 0 saturated heterocycles. The fourth-order valence-electron chi connectivity index (χ4n) is 1.28. The van der Waals surface area contributed by atoms with Gasteiger partial charge in [0, 0.05) is 0 Å². The van der Waals surface area contributed by atoms with Crippen LogP contribution in [0.15, 0.2) is 42.1 Å². The topological polar surface area (TPSA) is 26.3 Å². The van der Waals surface area contributed by atoms with Gasteiger partial charge < -0.3 is 4.74 Å². The predicted molar refractivity (Wildman–Crippen MR) is 64.9 cm³/mol. The van der Waals surface area contributed by atoms with Crippen LogP contribution in [0.25, 0.3) is 5.57 Å². The second-order valence-corrected chi connectivity index (χ2v) is 3.35. The van der Waals surface area contributed by atoms with Gasteiger partial charge in [-0.1, -0.05) is 30.3 Å². The Labute approximate surface area is 96.2 Å². The summed E-state index contributed by atoms with van der Waals surface area (Å²) in [6.45, 7) is 4.19. The lowest BCUT2D eigenvalue weighted by atomic mass is 10.1. The van der Waals surface area contributed by atoms with Crippen molar-refractivity contribution in [1.29, 1.82) is 0 Å². The highest BCUT2D eigenvalue weighted by Crippen LogP contribution is 2.10. The highest BCUT2D eigenvalue weighted by atomic mass is 16.5. The Balaban J connectivity index is 2.63. The summed E-state index contributed by atoms with van der Waals surface area (Å²) in [6.07, 6.45) is 1.98. The lowest BCUT2D eigenvalue weighted by molar-refractivity contribution is -0.142. The molecule has 0 spiro atoms. The molecule has 1 aromatic carbocycles. The normalized spacial score (nSPS) is 9.12. The number of hydrogen-bond acceptors (Lipinski definition) is 2. The molecule has 1 rings (SSSR count). The van der Waals surface area contributed by atoms with E-state index in [2.05, 4.69) is 5.73 Å². The van der Waals surface area contributed by atoms with Gasteiger partial charge in [0.15, 0.2) is 0 Å². The Bertz CT molecular complexity index is 398. The summed E-state index contributed by atoms with van der Waals surface area (Å²) >= 11 is 0. The number of hydrogen-bond donors (Lipinski definition) is 0. The van der Waals surface area contributed by atoms with Crippen molar-refractivity contribution in [3.63, 3.8) is 0 Å². The van der Waals surface area contributed by atoms with Gasteiger partial charge in [0.25, 0.3) is 0 Å². The summed E-state index contributed by atoms with van der Waals surface area (Å²) in [5.74, 6) is -0.212. The third kappa shape index (κ3) is 4.16. The first-order chi connectivity index (χ1) is 7.74. The maximum Gasteiger partial charge on any atom is 0.310 e. The lowest BCUT2D eigenvalue weighted by Crippen LogP contribution is -2.01. The quantitative estimate of drug-likeness (QED) is 0.570. The molecule has 0 unspecified atom stereocenters. The van der Waals surface area contributed by atoms with Crippen LogP contribution in [-0.2, 0) is 9.53 Å². The van der Waals surface area contributed by atoms with Crippen molar-refractivity contribution in [2.24, 2.45) is 0 Å². The molecule has 16 heavy (non-hydrogen) atoms. The number of carbonyl (C=O) groups excluding carboxylic acids is 1. The van der Waals surface area contributed by atoms with E-state index in [-0.39, 0.29) is 12.4 Å². The number of benzene rings is 1. The molecule has 0 radical (unpaired) electrons. The van der Waals surface area contributed by atoms with Crippen LogP contribution in [0.3, 0.4) is 0 Å². The molecule has 0 aliphatic carbocycles. The van der Waals surface area contributed by atoms with Gasteiger partial charge in [-0.25, -0.2) is 0 Å². The Morgan fingerprint density at radius 1 is 1.38 bits per heavy atom. The molecular weight excluding hydrogens is 200 g/mol. The minimum atomic E-state index is -0.212. The van der Waals surface area contributed by atoms with Crippen LogP contribution >= 0.6 is 0 Å². The van der Waals surface area contributed by atoms with E-state index >= 15 is 0 Å². The molecule has 0 aromatic heterocycles. The van der Waals surface area contributed by atoms with Gasteiger partial charge in [0.2, 0.25) is 0 Å². The second kappa shape index (κ2) is 6.65. The van der Waals surface area contributed by atoms with Crippen molar-refractivity contribution >= 4 is 11.5 Å². The van der Waals surface area contributed by atoms with Crippen molar-refractivity contribution in [3.05, 3.63) is 47.7 Å². The Morgan fingerprint density at radius 3 is 2.69 bits per heavy atom. The number of ether oxygens (including phenoxy) is 1. The molecule has 0 aliphatic rings. The fraction of sp³-hybridized carbons (Fsp3) is 0.286. The summed E-state index contributed by atoms with van der Waals surface area (Å²) in [4.78, 5) is 11.1. The first-order valence-electron chi connectivity index (χ1n) is 5.37. The zero-order valence-corrected chi connectivity index (χ0v) is 9.69. The molecule has 0 saturated carbocycles. The van der Waals surface area contributed by atoms with Crippen LogP contribution in [0.4, 0.5) is 0 Å². The second-order valence-electron chi connectivity index (χ2n) is 3.35. The van der Waals surface area contributed by atoms with E-state index in [1.165, 1.54) is 0 Å². The fourth-order valence-corrected chi connectivity index (χ4v) is 1.28. The van der Waals surface area contributed by atoms with Crippen LogP contribution in [-0.4, -0.2) is 12.6 Å². The Hall–Kier alpha value is -1.79. The average molecular weight is 216 g/mol. The van der Waals surface area contributed by atoms with Gasteiger partial charge in [-0.15, -0.1) is 5.73 Å². The van der Waals surface area contributed by atoms with Crippen molar-refractivity contribution in [2.75, 3.05) is 6.61 Å². The standard InChI is InChI=1S/C14H16O2/c1-3-16-14(15)11-7-8-12(2)13-9-5-4-6-10-13/h4-7,9-10H,3,11H2,1-2H3. The summed E-state index contributed by atoms with van der Waals surface area (Å²) in [7, 11) is 0. The molecule has 2 heteroatoms. The van der Waals surface area contributed by atoms with Crippen LogP contribution in [0.5, 0.6) is 0 Å². The first-order valence-corrected chi connectivity index (χ1v) is 5.37. The Morgan fingerprint density at radius 2 is 2.06 bits per heavy atom. The monoisotopic (exact) mass is 216 g/mol. The minimum absolute atomic E-state index is 0.212. The summed E-state index contributed by atoms with van der Waals surface area (Å²) in [5, 5.41) is 0. The molecule has 0 atom stereocenters. The first kappa shape index (κ1) is 12.3. The summed E-state index contributed by atoms with van der Waals surface area (Å²) in [6, 6.07) is 9.96. The van der Waals surface area contributed by atoms with Crippen LogP contribution in [0, 0.1) is 0 Å². The van der Waals surface area contributed by atoms with Crippen molar-refractivity contribution < 1.29 is 9.53 Å². The van der Waals surface area contributed by atoms with E-state index in [0.29, 0.717) is 6.61 Å². The molecule has 0 amide bonds. The highest BCUT2D eigenvalue weighted by Gasteiger charge is 1.96. The highest BCUT2D eigenvalue weighted by molar-refractivity contribution is 5.71. The molecule has 84 valence electrons. The number of rotatable bonds is 4. The molecule has 0 heterocycles. The molecule has 2 nitrogen and oxygen atoms in total. The predicted octanol–water partition coefficient (Wildman–Crippen LogP) is 3.20. The lowest BCUT2D eigenvalue weighted by Gasteiger charge is -1.97. The van der Waals surface area contributed by atoms with Crippen molar-refractivity contribution in [1.82, 2.24) is 0 Å². The van der Waals surface area contributed by atoms with Crippen LogP contribution < -0.4 is 0 Å². The zero-order valence-electron chi connectivity index (χ0n) is 9.69. The molecule has 0 N–H and O–H groups in total. The average Bonchev–Trinajstić information content (AvgIpc) is 2.30. The smallest absolute Gasteiger partial charge is 0.310 e. The van der Waals surface area contributed by atoms with Gasteiger partial charge in [-0.2, -0.15) is 0 Å². The molecular formula is C14H16O2.